The number of ether oxygens (including phenoxy) is 1. The number of hydroxylamine groups is 2. The molecule has 1 fully saturated rings. The number of nitrogens with zero attached hydrogens (tertiary/aromatic N) is 1. The van der Waals surface area contributed by atoms with Crippen molar-refractivity contribution in [3.63, 3.8) is 0 Å². The summed E-state index contributed by atoms with van der Waals surface area (Å²) in [5, 5.41) is 17.4. The van der Waals surface area contributed by atoms with Crippen molar-refractivity contribution in [2.24, 2.45) is 0 Å². The van der Waals surface area contributed by atoms with Crippen LogP contribution in [0.3, 0.4) is 0 Å². The van der Waals surface area contributed by atoms with E-state index < -0.39 is 11.1 Å². The van der Waals surface area contributed by atoms with E-state index in [-0.39, 0.29) is 6.04 Å². The van der Waals surface area contributed by atoms with Crippen molar-refractivity contribution >= 4 is 12.0 Å². The van der Waals surface area contributed by atoms with E-state index in [2.05, 4.69) is 5.32 Å². The lowest BCUT2D eigenvalue weighted by Crippen LogP contribution is -2.61. The van der Waals surface area contributed by atoms with Gasteiger partial charge in [-0.05, 0) is 52.2 Å². The van der Waals surface area contributed by atoms with Crippen LogP contribution < -0.4 is 5.32 Å². The number of benzene rings is 1. The van der Waals surface area contributed by atoms with Crippen molar-refractivity contribution in [2.75, 3.05) is 13.7 Å². The second-order valence-electron chi connectivity index (χ2n) is 7.98. The van der Waals surface area contributed by atoms with Gasteiger partial charge in [-0.15, -0.1) is 10.3 Å². The minimum Gasteiger partial charge on any atom is -0.382 e. The van der Waals surface area contributed by atoms with Crippen LogP contribution in [0.5, 0.6) is 0 Å². The summed E-state index contributed by atoms with van der Waals surface area (Å²) < 4.78 is 5.20. The Labute approximate surface area is 150 Å². The van der Waals surface area contributed by atoms with Gasteiger partial charge in [-0.1, -0.05) is 24.3 Å². The molecule has 2 rings (SSSR count). The third-order valence-electron chi connectivity index (χ3n) is 4.76. The van der Waals surface area contributed by atoms with Crippen LogP contribution in [0, 0.1) is 0 Å². The molecule has 5 heteroatoms. The zero-order valence-electron chi connectivity index (χ0n) is 15.8. The molecular weight excluding hydrogens is 316 g/mol. The van der Waals surface area contributed by atoms with Gasteiger partial charge < -0.3 is 10.1 Å². The first-order chi connectivity index (χ1) is 11.7. The Bertz CT molecular complexity index is 602. The highest BCUT2D eigenvalue weighted by atomic mass is 16.5. The lowest BCUT2D eigenvalue weighted by molar-refractivity contribution is -0.289. The standard InChI is InChI=1S/C20H29N2O3/c1-19(2)12-17(13-20(3,4)22(19)24)21-18(10-11-25-5)16-8-6-15(14-23)7-9-16/h6-10,14,17,21H,11-13H2,1-5H3/b18-10-. The molecule has 0 saturated carbocycles. The van der Waals surface area contributed by atoms with Crippen molar-refractivity contribution < 1.29 is 14.7 Å². The number of hydrogen-bond acceptors (Lipinski definition) is 4. The summed E-state index contributed by atoms with van der Waals surface area (Å²) in [6.45, 7) is 8.46. The molecule has 1 radical (unpaired) electrons. The third kappa shape index (κ3) is 4.69. The van der Waals surface area contributed by atoms with Gasteiger partial charge in [0.2, 0.25) is 0 Å². The van der Waals surface area contributed by atoms with Gasteiger partial charge in [0.25, 0.3) is 0 Å². The van der Waals surface area contributed by atoms with Gasteiger partial charge in [-0.2, -0.15) is 0 Å². The Balaban J connectivity index is 2.23. The average Bonchev–Trinajstić information content (AvgIpc) is 2.56. The quantitative estimate of drug-likeness (QED) is 0.802. The third-order valence-corrected chi connectivity index (χ3v) is 4.76. The van der Waals surface area contributed by atoms with Gasteiger partial charge in [0.15, 0.2) is 0 Å². The molecule has 1 heterocycles. The molecule has 1 aromatic rings. The second-order valence-corrected chi connectivity index (χ2v) is 7.98. The van der Waals surface area contributed by atoms with Gasteiger partial charge in [0.05, 0.1) is 6.61 Å². The topological polar surface area (TPSA) is 61.5 Å². The molecule has 0 bridgehead atoms. The Morgan fingerprint density at radius 2 is 1.76 bits per heavy atom. The van der Waals surface area contributed by atoms with Crippen molar-refractivity contribution in [1.29, 1.82) is 0 Å². The van der Waals surface area contributed by atoms with Gasteiger partial charge in [-0.25, -0.2) is 0 Å². The number of nitrogens with one attached hydrogen (secondary N) is 1. The molecular formula is C20H29N2O3. The highest BCUT2D eigenvalue weighted by Gasteiger charge is 2.46. The first-order valence-electron chi connectivity index (χ1n) is 8.68. The summed E-state index contributed by atoms with van der Waals surface area (Å²) in [4.78, 5) is 10.9. The van der Waals surface area contributed by atoms with Crippen LogP contribution in [0.15, 0.2) is 30.3 Å². The molecule has 137 valence electrons. The van der Waals surface area contributed by atoms with E-state index in [4.69, 9.17) is 4.74 Å². The monoisotopic (exact) mass is 345 g/mol. The van der Waals surface area contributed by atoms with Gasteiger partial charge in [-0.3, -0.25) is 4.79 Å². The zero-order valence-corrected chi connectivity index (χ0v) is 15.8. The Hall–Kier alpha value is -1.69. The predicted octanol–water partition coefficient (Wildman–Crippen LogP) is 3.44. The van der Waals surface area contributed by atoms with E-state index in [1.807, 2.05) is 45.9 Å². The van der Waals surface area contributed by atoms with Crippen molar-refractivity contribution in [1.82, 2.24) is 10.4 Å². The summed E-state index contributed by atoms with van der Waals surface area (Å²) in [7, 11) is 1.66. The smallest absolute Gasteiger partial charge is 0.150 e. The van der Waals surface area contributed by atoms with Crippen molar-refractivity contribution in [3.8, 4) is 0 Å². The minimum absolute atomic E-state index is 0.184. The van der Waals surface area contributed by atoms with Crippen molar-refractivity contribution in [3.05, 3.63) is 41.5 Å². The minimum atomic E-state index is -0.423. The number of piperidine rings is 1. The molecule has 0 aromatic heterocycles. The normalized spacial score (nSPS) is 21.1. The molecule has 1 saturated heterocycles. The van der Waals surface area contributed by atoms with E-state index in [0.29, 0.717) is 12.2 Å². The summed E-state index contributed by atoms with van der Waals surface area (Å²) in [5.41, 5.74) is 1.77. The summed E-state index contributed by atoms with van der Waals surface area (Å²) in [6.07, 6.45) is 4.36. The fourth-order valence-corrected chi connectivity index (χ4v) is 3.75. The van der Waals surface area contributed by atoms with Crippen LogP contribution in [-0.2, 0) is 9.94 Å². The van der Waals surface area contributed by atoms with Crippen LogP contribution >= 0.6 is 0 Å². The molecule has 5 nitrogen and oxygen atoms in total. The van der Waals surface area contributed by atoms with Crippen LogP contribution in [0.2, 0.25) is 0 Å². The van der Waals surface area contributed by atoms with E-state index in [1.165, 1.54) is 5.06 Å². The van der Waals surface area contributed by atoms with E-state index in [9.17, 15) is 10.0 Å². The number of hydrogen-bond donors (Lipinski definition) is 1. The van der Waals surface area contributed by atoms with Gasteiger partial charge >= 0.3 is 0 Å². The predicted molar refractivity (Wildman–Crippen MR) is 98.5 cm³/mol. The number of aldehydes is 1. The molecule has 1 aromatic carbocycles. The summed E-state index contributed by atoms with van der Waals surface area (Å²) >= 11 is 0. The maximum Gasteiger partial charge on any atom is 0.150 e. The Morgan fingerprint density at radius 1 is 1.20 bits per heavy atom. The molecule has 0 atom stereocenters. The first kappa shape index (κ1) is 19.6. The van der Waals surface area contributed by atoms with E-state index in [1.54, 1.807) is 19.2 Å². The molecule has 25 heavy (non-hydrogen) atoms. The molecule has 0 spiro atoms. The molecule has 1 N–H and O–H groups in total. The zero-order chi connectivity index (χ0) is 18.7. The molecule has 1 aliphatic heterocycles. The Morgan fingerprint density at radius 3 is 2.24 bits per heavy atom. The highest BCUT2D eigenvalue weighted by Crippen LogP contribution is 2.37. The largest absolute Gasteiger partial charge is 0.382 e. The SMILES string of the molecule is COC/C=C(\NC1CC(C)(C)N([O])C(C)(C)C1)c1ccc(C=O)cc1. The molecule has 0 aliphatic carbocycles. The number of rotatable bonds is 6. The average molecular weight is 345 g/mol. The summed E-state index contributed by atoms with van der Waals surface area (Å²) in [6, 6.07) is 7.65. The van der Waals surface area contributed by atoms with Crippen molar-refractivity contribution in [2.45, 2.75) is 57.7 Å². The van der Waals surface area contributed by atoms with Crippen LogP contribution in [0.1, 0.15) is 56.5 Å². The lowest BCUT2D eigenvalue weighted by Gasteiger charge is -2.50. The number of methoxy groups -OCH3 is 1. The molecule has 1 aliphatic rings. The van der Waals surface area contributed by atoms with E-state index in [0.717, 1.165) is 30.4 Å². The maximum absolute atomic E-state index is 12.5. The fraction of sp³-hybridized carbons (Fsp3) is 0.550. The fourth-order valence-electron chi connectivity index (χ4n) is 3.75. The van der Waals surface area contributed by atoms with Crippen LogP contribution in [-0.4, -0.2) is 42.2 Å². The van der Waals surface area contributed by atoms with Gasteiger partial charge in [0.1, 0.15) is 6.29 Å². The molecule has 0 amide bonds. The van der Waals surface area contributed by atoms with E-state index >= 15 is 0 Å². The Kier molecular flexibility index (Phi) is 6.03. The second kappa shape index (κ2) is 7.68. The lowest BCUT2D eigenvalue weighted by atomic mass is 9.79. The van der Waals surface area contributed by atoms with Gasteiger partial charge in [0, 0.05) is 35.5 Å². The summed E-state index contributed by atoms with van der Waals surface area (Å²) in [5.74, 6) is 0. The van der Waals surface area contributed by atoms with Crippen LogP contribution in [0.25, 0.3) is 5.70 Å². The first-order valence-corrected chi connectivity index (χ1v) is 8.68. The molecule has 0 unspecified atom stereocenters. The highest BCUT2D eigenvalue weighted by molar-refractivity contribution is 5.76. The number of carbonyl (C=O) groups is 1. The maximum atomic E-state index is 12.5. The number of carbonyl (C=O) groups excluding carboxylic acids is 1. The van der Waals surface area contributed by atoms with Crippen LogP contribution in [0.4, 0.5) is 0 Å².